The maximum absolute atomic E-state index is 12.7. The molecule has 2 aromatic rings. The smallest absolute Gasteiger partial charge is 0.244 e. The van der Waals surface area contributed by atoms with Crippen LogP contribution in [-0.4, -0.2) is 31.3 Å². The van der Waals surface area contributed by atoms with Crippen LogP contribution in [0.5, 0.6) is 0 Å². The lowest BCUT2D eigenvalue weighted by atomic mass is 10.4. The van der Waals surface area contributed by atoms with Gasteiger partial charge in [-0.15, -0.1) is 22.7 Å². The first-order valence-corrected chi connectivity index (χ1v) is 9.78. The molecule has 116 valence electrons. The molecule has 2 rings (SSSR count). The Hall–Kier alpha value is -0.800. The zero-order valence-electron chi connectivity index (χ0n) is 12.3. The number of hydrogen-bond acceptors (Lipinski definition) is 6. The van der Waals surface area contributed by atoms with E-state index in [0.717, 1.165) is 22.0 Å². The van der Waals surface area contributed by atoms with Gasteiger partial charge in [-0.3, -0.25) is 0 Å². The Bertz CT molecular complexity index is 678. The predicted molar refractivity (Wildman–Crippen MR) is 87.2 cm³/mol. The predicted octanol–water partition coefficient (Wildman–Crippen LogP) is 2.44. The Morgan fingerprint density at radius 3 is 2.81 bits per heavy atom. The number of nitrogens with zero attached hydrogens (tertiary/aromatic N) is 2. The minimum absolute atomic E-state index is 0.295. The fraction of sp³-hybridized carbons (Fsp3) is 0.462. The van der Waals surface area contributed by atoms with Crippen molar-refractivity contribution in [2.24, 2.45) is 0 Å². The molecule has 5 nitrogen and oxygen atoms in total. The summed E-state index contributed by atoms with van der Waals surface area (Å²) < 4.78 is 26.7. The fourth-order valence-electron chi connectivity index (χ4n) is 1.91. The summed E-state index contributed by atoms with van der Waals surface area (Å²) in [5.74, 6) is 0. The normalized spacial score (nSPS) is 12.2. The topological polar surface area (TPSA) is 62.3 Å². The second-order valence-electron chi connectivity index (χ2n) is 4.65. The zero-order chi connectivity index (χ0) is 15.5. The molecule has 0 radical (unpaired) electrons. The molecule has 0 aliphatic rings. The third-order valence-electron chi connectivity index (χ3n) is 3.03. The first kappa shape index (κ1) is 16.6. The van der Waals surface area contributed by atoms with Gasteiger partial charge in [-0.1, -0.05) is 6.92 Å². The molecule has 0 bridgehead atoms. The van der Waals surface area contributed by atoms with Crippen LogP contribution in [0.15, 0.2) is 21.9 Å². The number of nitrogens with one attached hydrogen (secondary N) is 1. The Labute approximate surface area is 133 Å². The molecule has 0 atom stereocenters. The number of rotatable bonds is 7. The van der Waals surface area contributed by atoms with E-state index in [1.165, 1.54) is 27.0 Å². The van der Waals surface area contributed by atoms with Gasteiger partial charge in [-0.05, 0) is 19.5 Å². The van der Waals surface area contributed by atoms with Gasteiger partial charge in [0.05, 0.1) is 22.6 Å². The third kappa shape index (κ3) is 3.89. The highest BCUT2D eigenvalue weighted by molar-refractivity contribution is 7.89. The van der Waals surface area contributed by atoms with Crippen molar-refractivity contribution < 1.29 is 8.42 Å². The second-order valence-corrected chi connectivity index (χ2v) is 8.73. The molecule has 2 aromatic heterocycles. The fourth-order valence-corrected chi connectivity index (χ4v) is 5.17. The molecule has 1 N–H and O–H groups in total. The van der Waals surface area contributed by atoms with E-state index in [9.17, 15) is 8.42 Å². The largest absolute Gasteiger partial charge is 0.312 e. The van der Waals surface area contributed by atoms with Gasteiger partial charge in [0.15, 0.2) is 0 Å². The van der Waals surface area contributed by atoms with Crippen molar-refractivity contribution in [2.45, 2.75) is 31.8 Å². The highest BCUT2D eigenvalue weighted by atomic mass is 32.2. The number of aromatic nitrogens is 1. The minimum Gasteiger partial charge on any atom is -0.312 e. The Morgan fingerprint density at radius 2 is 2.19 bits per heavy atom. The van der Waals surface area contributed by atoms with Gasteiger partial charge < -0.3 is 5.32 Å². The lowest BCUT2D eigenvalue weighted by Crippen LogP contribution is -2.26. The molecule has 0 saturated heterocycles. The molecule has 0 amide bonds. The van der Waals surface area contributed by atoms with E-state index in [-0.39, 0.29) is 0 Å². The maximum atomic E-state index is 12.7. The Morgan fingerprint density at radius 1 is 1.43 bits per heavy atom. The Kier molecular flexibility index (Phi) is 5.50. The lowest BCUT2D eigenvalue weighted by Gasteiger charge is -2.15. The van der Waals surface area contributed by atoms with Gasteiger partial charge in [0.2, 0.25) is 10.0 Å². The molecule has 0 aliphatic carbocycles. The number of sulfonamides is 1. The summed E-state index contributed by atoms with van der Waals surface area (Å²) >= 11 is 2.99. The Balaban J connectivity index is 2.20. The van der Waals surface area contributed by atoms with E-state index < -0.39 is 10.0 Å². The van der Waals surface area contributed by atoms with Crippen molar-refractivity contribution in [3.8, 4) is 0 Å². The standard InChI is InChI=1S/C13H19N3O2S3/c1-4-14-6-12-5-13(10(2)20-12)21(17,18)16(3)7-11-8-19-9-15-11/h5,8-9,14H,4,6-7H2,1-3H3. The van der Waals surface area contributed by atoms with Gasteiger partial charge in [0.1, 0.15) is 0 Å². The summed E-state index contributed by atoms with van der Waals surface area (Å²) in [5, 5.41) is 5.08. The molecule has 0 aromatic carbocycles. The van der Waals surface area contributed by atoms with Crippen LogP contribution in [0.25, 0.3) is 0 Å². The van der Waals surface area contributed by atoms with Crippen molar-refractivity contribution >= 4 is 32.7 Å². The zero-order valence-corrected chi connectivity index (χ0v) is 14.7. The van der Waals surface area contributed by atoms with Gasteiger partial charge in [-0.2, -0.15) is 4.31 Å². The van der Waals surface area contributed by atoms with Crippen molar-refractivity contribution in [3.05, 3.63) is 32.4 Å². The number of thiazole rings is 1. The van der Waals surface area contributed by atoms with Crippen LogP contribution in [0.3, 0.4) is 0 Å². The van der Waals surface area contributed by atoms with E-state index in [4.69, 9.17) is 0 Å². The summed E-state index contributed by atoms with van der Waals surface area (Å²) in [6.45, 7) is 5.74. The average Bonchev–Trinajstić information content (AvgIpc) is 3.06. The van der Waals surface area contributed by atoms with Crippen LogP contribution in [-0.2, 0) is 23.1 Å². The molecule has 8 heteroatoms. The van der Waals surface area contributed by atoms with E-state index in [1.807, 2.05) is 19.2 Å². The van der Waals surface area contributed by atoms with Crippen molar-refractivity contribution in [2.75, 3.05) is 13.6 Å². The molecule has 2 heterocycles. The second kappa shape index (κ2) is 6.97. The highest BCUT2D eigenvalue weighted by Crippen LogP contribution is 2.28. The quantitative estimate of drug-likeness (QED) is 0.837. The van der Waals surface area contributed by atoms with Crippen LogP contribution < -0.4 is 5.32 Å². The van der Waals surface area contributed by atoms with Gasteiger partial charge in [0.25, 0.3) is 0 Å². The molecular weight excluding hydrogens is 326 g/mol. The molecule has 0 spiro atoms. The number of aryl methyl sites for hydroxylation is 1. The number of hydrogen-bond donors (Lipinski definition) is 1. The minimum atomic E-state index is -3.47. The van der Waals surface area contributed by atoms with E-state index in [2.05, 4.69) is 10.3 Å². The van der Waals surface area contributed by atoms with Crippen molar-refractivity contribution in [1.29, 1.82) is 0 Å². The van der Waals surface area contributed by atoms with Crippen LogP contribution in [0, 0.1) is 6.92 Å². The van der Waals surface area contributed by atoms with Crippen molar-refractivity contribution in [3.63, 3.8) is 0 Å². The lowest BCUT2D eigenvalue weighted by molar-refractivity contribution is 0.463. The summed E-state index contributed by atoms with van der Waals surface area (Å²) in [6, 6.07) is 1.77. The summed E-state index contributed by atoms with van der Waals surface area (Å²) in [4.78, 5) is 6.40. The average molecular weight is 346 g/mol. The molecule has 21 heavy (non-hydrogen) atoms. The third-order valence-corrected chi connectivity index (χ3v) is 6.77. The van der Waals surface area contributed by atoms with Crippen LogP contribution in [0.1, 0.15) is 22.4 Å². The van der Waals surface area contributed by atoms with Crippen molar-refractivity contribution in [1.82, 2.24) is 14.6 Å². The van der Waals surface area contributed by atoms with E-state index in [1.54, 1.807) is 18.6 Å². The molecule has 0 fully saturated rings. The van der Waals surface area contributed by atoms with Gasteiger partial charge in [0, 0.05) is 28.7 Å². The maximum Gasteiger partial charge on any atom is 0.244 e. The first-order valence-electron chi connectivity index (χ1n) is 6.58. The van der Waals surface area contributed by atoms with Gasteiger partial charge in [-0.25, -0.2) is 13.4 Å². The molecule has 0 saturated carbocycles. The van der Waals surface area contributed by atoms with Crippen LogP contribution in [0.2, 0.25) is 0 Å². The molecule has 0 aliphatic heterocycles. The van der Waals surface area contributed by atoms with E-state index >= 15 is 0 Å². The summed E-state index contributed by atoms with van der Waals surface area (Å²) in [7, 11) is -1.88. The van der Waals surface area contributed by atoms with Gasteiger partial charge >= 0.3 is 0 Å². The summed E-state index contributed by atoms with van der Waals surface area (Å²) in [6.07, 6.45) is 0. The molecule has 0 unspecified atom stereocenters. The van der Waals surface area contributed by atoms with E-state index in [0.29, 0.717) is 18.0 Å². The highest BCUT2D eigenvalue weighted by Gasteiger charge is 2.25. The first-order chi connectivity index (χ1) is 9.95. The monoisotopic (exact) mass is 345 g/mol. The molecular formula is C13H19N3O2S3. The SMILES string of the molecule is CCNCc1cc(S(=O)(=O)N(C)Cc2cscn2)c(C)s1. The van der Waals surface area contributed by atoms with Crippen LogP contribution >= 0.6 is 22.7 Å². The summed E-state index contributed by atoms with van der Waals surface area (Å²) in [5.41, 5.74) is 2.48. The number of thiophene rings is 1. The van der Waals surface area contributed by atoms with Crippen LogP contribution in [0.4, 0.5) is 0 Å².